The summed E-state index contributed by atoms with van der Waals surface area (Å²) in [7, 11) is 0. The fourth-order valence-electron chi connectivity index (χ4n) is 7.40. The third kappa shape index (κ3) is 4.62. The molecule has 4 bridgehead atoms. The van der Waals surface area contributed by atoms with E-state index in [1.165, 1.54) is 32.1 Å². The highest BCUT2D eigenvalue weighted by molar-refractivity contribution is 6.04. The summed E-state index contributed by atoms with van der Waals surface area (Å²) in [4.78, 5) is 38.3. The molecule has 7 heteroatoms. The number of hydrogen-bond donors (Lipinski definition) is 3. The molecule has 0 saturated heterocycles. The summed E-state index contributed by atoms with van der Waals surface area (Å²) in [6.07, 6.45) is 9.69. The van der Waals surface area contributed by atoms with Gasteiger partial charge < -0.3 is 15.6 Å². The molecule has 8 rings (SSSR count). The lowest BCUT2D eigenvalue weighted by atomic mass is 9.51. The Labute approximate surface area is 227 Å². The van der Waals surface area contributed by atoms with Crippen LogP contribution in [0.1, 0.15) is 42.5 Å². The zero-order valence-corrected chi connectivity index (χ0v) is 21.6. The molecular formula is C32H31N5O2. The van der Waals surface area contributed by atoms with Crippen LogP contribution in [0.4, 0.5) is 11.5 Å². The maximum absolute atomic E-state index is 13.5. The Bertz CT molecular complexity index is 1480. The minimum absolute atomic E-state index is 0.131. The van der Waals surface area contributed by atoms with Crippen LogP contribution in [-0.2, 0) is 4.79 Å². The van der Waals surface area contributed by atoms with Crippen LogP contribution in [0.3, 0.4) is 0 Å². The summed E-state index contributed by atoms with van der Waals surface area (Å²) in [6, 6.07) is 20.6. The van der Waals surface area contributed by atoms with Gasteiger partial charge in [-0.1, -0.05) is 30.3 Å². The van der Waals surface area contributed by atoms with Gasteiger partial charge in [-0.2, -0.15) is 0 Å². The number of H-pyrrole nitrogens is 1. The standard InChI is InChI=1S/C32H31N5O2/c38-31(37-28-7-3-4-12-33-28)22-10-8-21(9-11-22)27-18-34-30(35-27)25-5-1-2-6-26(25)36-32(39)29-23-14-19-13-20(16-23)17-24(29)15-19/h1-12,18-20,23-24,29H,13-17H2,(H,34,35)(H,36,39)(H,33,37,38). The Balaban J connectivity index is 1.07. The van der Waals surface area contributed by atoms with Gasteiger partial charge in [0.2, 0.25) is 5.91 Å². The fourth-order valence-corrected chi connectivity index (χ4v) is 7.40. The first-order valence-corrected chi connectivity index (χ1v) is 13.9. The maximum Gasteiger partial charge on any atom is 0.256 e. The minimum Gasteiger partial charge on any atom is -0.338 e. The largest absolute Gasteiger partial charge is 0.338 e. The van der Waals surface area contributed by atoms with Crippen LogP contribution in [0.2, 0.25) is 0 Å². The fraction of sp³-hybridized carbons (Fsp3) is 0.312. The van der Waals surface area contributed by atoms with Crippen molar-refractivity contribution >= 4 is 23.3 Å². The van der Waals surface area contributed by atoms with Gasteiger partial charge in [-0.25, -0.2) is 9.97 Å². The quantitative estimate of drug-likeness (QED) is 0.275. The Morgan fingerprint density at radius 3 is 2.21 bits per heavy atom. The van der Waals surface area contributed by atoms with Crippen molar-refractivity contribution in [2.45, 2.75) is 32.1 Å². The second-order valence-corrected chi connectivity index (χ2v) is 11.4. The third-order valence-electron chi connectivity index (χ3n) is 8.91. The van der Waals surface area contributed by atoms with Gasteiger partial charge in [-0.15, -0.1) is 0 Å². The van der Waals surface area contributed by atoms with Gasteiger partial charge in [0.15, 0.2) is 0 Å². The number of imidazole rings is 1. The Morgan fingerprint density at radius 1 is 0.769 bits per heavy atom. The van der Waals surface area contributed by atoms with Crippen LogP contribution < -0.4 is 10.6 Å². The van der Waals surface area contributed by atoms with Crippen molar-refractivity contribution in [1.82, 2.24) is 15.0 Å². The number of carbonyl (C=O) groups is 2. The summed E-state index contributed by atoms with van der Waals surface area (Å²) < 4.78 is 0. The Kier molecular flexibility index (Phi) is 5.99. The highest BCUT2D eigenvalue weighted by atomic mass is 16.2. The van der Waals surface area contributed by atoms with E-state index < -0.39 is 0 Å². The minimum atomic E-state index is -0.214. The topological polar surface area (TPSA) is 99.8 Å². The zero-order valence-electron chi connectivity index (χ0n) is 21.6. The van der Waals surface area contributed by atoms with Crippen LogP contribution >= 0.6 is 0 Å². The number of amides is 2. The molecule has 4 aliphatic rings. The van der Waals surface area contributed by atoms with Gasteiger partial charge in [-0.05, 0) is 97.7 Å². The highest BCUT2D eigenvalue weighted by Crippen LogP contribution is 2.56. The lowest BCUT2D eigenvalue weighted by molar-refractivity contribution is -0.132. The number of para-hydroxylation sites is 1. The molecule has 0 radical (unpaired) electrons. The third-order valence-corrected chi connectivity index (χ3v) is 8.91. The van der Waals surface area contributed by atoms with Crippen LogP contribution in [0, 0.1) is 29.6 Å². The van der Waals surface area contributed by atoms with Gasteiger partial charge in [0, 0.05) is 23.2 Å². The number of carbonyl (C=O) groups excluding carboxylic acids is 2. The van der Waals surface area contributed by atoms with Crippen molar-refractivity contribution in [2.75, 3.05) is 10.6 Å². The maximum atomic E-state index is 13.5. The van der Waals surface area contributed by atoms with E-state index in [1.807, 2.05) is 42.5 Å². The van der Waals surface area contributed by atoms with E-state index in [0.29, 0.717) is 29.0 Å². The summed E-state index contributed by atoms with van der Waals surface area (Å²) in [5.74, 6) is 4.06. The summed E-state index contributed by atoms with van der Waals surface area (Å²) in [6.45, 7) is 0. The summed E-state index contributed by atoms with van der Waals surface area (Å²) >= 11 is 0. The van der Waals surface area contributed by atoms with Gasteiger partial charge in [-0.3, -0.25) is 9.59 Å². The SMILES string of the molecule is O=C(Nc1ccccn1)c1ccc(-c2cnc(-c3ccccc3NC(=O)C3C4CC5CC(C4)CC3C5)[nH]2)cc1. The molecule has 0 aliphatic heterocycles. The molecule has 2 aromatic heterocycles. The van der Waals surface area contributed by atoms with Crippen molar-refractivity contribution < 1.29 is 9.59 Å². The van der Waals surface area contributed by atoms with E-state index in [4.69, 9.17) is 0 Å². The van der Waals surface area contributed by atoms with E-state index in [0.717, 1.165) is 34.3 Å². The predicted molar refractivity (Wildman–Crippen MR) is 151 cm³/mol. The molecular weight excluding hydrogens is 486 g/mol. The van der Waals surface area contributed by atoms with Crippen molar-refractivity contribution in [1.29, 1.82) is 0 Å². The van der Waals surface area contributed by atoms with Crippen LogP contribution in [0.5, 0.6) is 0 Å². The lowest BCUT2D eigenvalue weighted by Gasteiger charge is -2.53. The molecule has 39 heavy (non-hydrogen) atoms. The van der Waals surface area contributed by atoms with Gasteiger partial charge in [0.05, 0.1) is 17.6 Å². The molecule has 196 valence electrons. The summed E-state index contributed by atoms with van der Waals surface area (Å²) in [5, 5.41) is 6.08. The number of benzene rings is 2. The lowest BCUT2D eigenvalue weighted by Crippen LogP contribution is -2.49. The number of hydrogen-bond acceptors (Lipinski definition) is 4. The van der Waals surface area contributed by atoms with Gasteiger partial charge in [0.1, 0.15) is 11.6 Å². The molecule has 4 fully saturated rings. The first-order chi connectivity index (χ1) is 19.1. The number of anilines is 2. The van der Waals surface area contributed by atoms with Crippen LogP contribution in [0.15, 0.2) is 79.1 Å². The molecule has 0 atom stereocenters. The Morgan fingerprint density at radius 2 is 1.49 bits per heavy atom. The number of pyridine rings is 1. The average Bonchev–Trinajstić information content (AvgIpc) is 3.44. The van der Waals surface area contributed by atoms with Gasteiger partial charge in [0.25, 0.3) is 5.91 Å². The molecule has 4 aliphatic carbocycles. The molecule has 7 nitrogen and oxygen atoms in total. The number of aromatic amines is 1. The van der Waals surface area contributed by atoms with Crippen molar-refractivity contribution in [3.63, 3.8) is 0 Å². The average molecular weight is 518 g/mol. The molecule has 4 aromatic rings. The van der Waals surface area contributed by atoms with Crippen molar-refractivity contribution in [3.05, 3.63) is 84.7 Å². The van der Waals surface area contributed by atoms with Crippen molar-refractivity contribution in [2.24, 2.45) is 29.6 Å². The normalized spacial score (nSPS) is 24.9. The van der Waals surface area contributed by atoms with E-state index in [1.54, 1.807) is 36.7 Å². The van der Waals surface area contributed by atoms with E-state index in [-0.39, 0.29) is 17.7 Å². The molecule has 3 N–H and O–H groups in total. The molecule has 2 aromatic carbocycles. The predicted octanol–water partition coefficient (Wildman–Crippen LogP) is 6.40. The van der Waals surface area contributed by atoms with E-state index in [2.05, 4.69) is 25.6 Å². The highest BCUT2D eigenvalue weighted by Gasteiger charge is 2.50. The molecule has 2 amide bonds. The molecule has 2 heterocycles. The second kappa shape index (κ2) is 9.80. The first-order valence-electron chi connectivity index (χ1n) is 13.9. The monoisotopic (exact) mass is 517 g/mol. The van der Waals surface area contributed by atoms with Crippen LogP contribution in [0.25, 0.3) is 22.6 Å². The number of nitrogens with zero attached hydrogens (tertiary/aromatic N) is 2. The first kappa shape index (κ1) is 23.8. The van der Waals surface area contributed by atoms with Crippen LogP contribution in [-0.4, -0.2) is 26.8 Å². The molecule has 0 spiro atoms. The number of rotatable bonds is 6. The summed E-state index contributed by atoms with van der Waals surface area (Å²) in [5.41, 5.74) is 3.95. The second-order valence-electron chi connectivity index (χ2n) is 11.4. The van der Waals surface area contributed by atoms with E-state index >= 15 is 0 Å². The number of nitrogens with one attached hydrogen (secondary N) is 3. The number of aromatic nitrogens is 3. The smallest absolute Gasteiger partial charge is 0.256 e. The zero-order chi connectivity index (χ0) is 26.3. The molecule has 4 saturated carbocycles. The van der Waals surface area contributed by atoms with E-state index in [9.17, 15) is 9.59 Å². The van der Waals surface area contributed by atoms with Crippen molar-refractivity contribution in [3.8, 4) is 22.6 Å². The molecule has 0 unspecified atom stereocenters. The Hall–Kier alpha value is -4.26. The van der Waals surface area contributed by atoms with Gasteiger partial charge >= 0.3 is 0 Å².